The van der Waals surface area contributed by atoms with Crippen molar-refractivity contribution in [1.29, 1.82) is 0 Å². The summed E-state index contributed by atoms with van der Waals surface area (Å²) in [6, 6.07) is 4.90. The van der Waals surface area contributed by atoms with Gasteiger partial charge in [0.25, 0.3) is 0 Å². The Morgan fingerprint density at radius 1 is 1.20 bits per heavy atom. The molecule has 3 atom stereocenters. The van der Waals surface area contributed by atoms with Gasteiger partial charge in [-0.15, -0.1) is 0 Å². The lowest BCUT2D eigenvalue weighted by molar-refractivity contribution is 0.245. The number of urea groups is 1. The van der Waals surface area contributed by atoms with E-state index in [2.05, 4.69) is 10.6 Å². The fourth-order valence-electron chi connectivity index (χ4n) is 3.60. The summed E-state index contributed by atoms with van der Waals surface area (Å²) >= 11 is 11.8. The minimum Gasteiger partial charge on any atom is -0.338 e. The van der Waals surface area contributed by atoms with Gasteiger partial charge in [0.15, 0.2) is 0 Å². The van der Waals surface area contributed by atoms with Crippen LogP contribution in [0.2, 0.25) is 10.0 Å². The number of nitrogens with one attached hydrogen (secondary N) is 2. The van der Waals surface area contributed by atoms with E-state index < -0.39 is 0 Å². The van der Waals surface area contributed by atoms with E-state index in [4.69, 9.17) is 23.2 Å². The van der Waals surface area contributed by atoms with Gasteiger partial charge in [0, 0.05) is 12.2 Å². The third-order valence-electron chi connectivity index (χ3n) is 4.59. The average molecular weight is 313 g/mol. The highest BCUT2D eigenvalue weighted by Crippen LogP contribution is 2.47. The maximum atomic E-state index is 11.9. The lowest BCUT2D eigenvalue weighted by Gasteiger charge is -2.21. The normalized spacial score (nSPS) is 27.6. The van der Waals surface area contributed by atoms with Crippen molar-refractivity contribution in [3.63, 3.8) is 0 Å². The van der Waals surface area contributed by atoms with Crippen LogP contribution in [0.25, 0.3) is 0 Å². The molecule has 3 nitrogen and oxygen atoms in total. The second-order valence-corrected chi connectivity index (χ2v) is 6.71. The van der Waals surface area contributed by atoms with Crippen molar-refractivity contribution in [2.45, 2.75) is 25.7 Å². The maximum absolute atomic E-state index is 11.9. The fourth-order valence-corrected chi connectivity index (χ4v) is 3.90. The van der Waals surface area contributed by atoms with E-state index in [1.807, 2.05) is 0 Å². The number of carbonyl (C=O) groups excluding carboxylic acids is 1. The van der Waals surface area contributed by atoms with Crippen LogP contribution in [0.1, 0.15) is 25.7 Å². The number of halogens is 2. The van der Waals surface area contributed by atoms with E-state index in [1.54, 1.807) is 18.2 Å². The van der Waals surface area contributed by atoms with Crippen LogP contribution in [0.3, 0.4) is 0 Å². The Morgan fingerprint density at radius 2 is 2.05 bits per heavy atom. The van der Waals surface area contributed by atoms with Crippen LogP contribution in [-0.4, -0.2) is 12.6 Å². The molecule has 0 aliphatic heterocycles. The second-order valence-electron chi connectivity index (χ2n) is 5.90. The third kappa shape index (κ3) is 3.04. The molecule has 108 valence electrons. The fraction of sp³-hybridized carbons (Fsp3) is 0.533. The Morgan fingerprint density at radius 3 is 2.70 bits per heavy atom. The van der Waals surface area contributed by atoms with E-state index in [1.165, 1.54) is 25.7 Å². The average Bonchev–Trinajstić information content (AvgIpc) is 3.03. The van der Waals surface area contributed by atoms with E-state index >= 15 is 0 Å². The maximum Gasteiger partial charge on any atom is 0.319 e. The van der Waals surface area contributed by atoms with Crippen LogP contribution >= 0.6 is 23.2 Å². The molecule has 2 aliphatic rings. The van der Waals surface area contributed by atoms with Gasteiger partial charge < -0.3 is 10.6 Å². The molecule has 2 saturated carbocycles. The van der Waals surface area contributed by atoms with Crippen LogP contribution in [0.4, 0.5) is 10.5 Å². The largest absolute Gasteiger partial charge is 0.338 e. The lowest BCUT2D eigenvalue weighted by Crippen LogP contribution is -2.34. The van der Waals surface area contributed by atoms with Gasteiger partial charge in [-0.2, -0.15) is 0 Å². The zero-order valence-corrected chi connectivity index (χ0v) is 12.7. The summed E-state index contributed by atoms with van der Waals surface area (Å²) < 4.78 is 0. The Labute approximate surface area is 129 Å². The van der Waals surface area contributed by atoms with E-state index in [0.717, 1.165) is 18.4 Å². The molecule has 1 aromatic carbocycles. The van der Waals surface area contributed by atoms with Crippen molar-refractivity contribution in [3.05, 3.63) is 28.2 Å². The molecule has 20 heavy (non-hydrogen) atoms. The van der Waals surface area contributed by atoms with Crippen LogP contribution in [0.5, 0.6) is 0 Å². The third-order valence-corrected chi connectivity index (χ3v) is 5.33. The highest BCUT2D eigenvalue weighted by Gasteiger charge is 2.39. The summed E-state index contributed by atoms with van der Waals surface area (Å²) in [5.41, 5.74) is 0.657. The molecule has 3 rings (SSSR count). The first-order valence-corrected chi connectivity index (χ1v) is 7.87. The molecular weight excluding hydrogens is 295 g/mol. The van der Waals surface area contributed by atoms with Crippen molar-refractivity contribution >= 4 is 34.9 Å². The zero-order valence-electron chi connectivity index (χ0n) is 11.2. The number of fused-ring (bicyclic) bond motifs is 2. The van der Waals surface area contributed by atoms with Crippen molar-refractivity contribution in [2.24, 2.45) is 17.8 Å². The van der Waals surface area contributed by atoms with Crippen molar-refractivity contribution in [3.8, 4) is 0 Å². The number of benzene rings is 1. The number of anilines is 1. The van der Waals surface area contributed by atoms with Gasteiger partial charge in [-0.1, -0.05) is 29.6 Å². The molecular formula is C15H18Cl2N2O. The van der Waals surface area contributed by atoms with E-state index in [-0.39, 0.29) is 6.03 Å². The molecule has 1 aromatic rings. The molecule has 0 heterocycles. The van der Waals surface area contributed by atoms with Crippen LogP contribution in [0.15, 0.2) is 18.2 Å². The second kappa shape index (κ2) is 5.82. The molecule has 5 heteroatoms. The zero-order chi connectivity index (χ0) is 14.1. The van der Waals surface area contributed by atoms with Crippen molar-refractivity contribution < 1.29 is 4.79 Å². The first kappa shape index (κ1) is 14.0. The first-order valence-electron chi connectivity index (χ1n) is 7.11. The topological polar surface area (TPSA) is 41.1 Å². The predicted octanol–water partition coefficient (Wildman–Crippen LogP) is 4.55. The molecule has 0 aromatic heterocycles. The van der Waals surface area contributed by atoms with Crippen LogP contribution < -0.4 is 10.6 Å². The molecule has 0 spiro atoms. The van der Waals surface area contributed by atoms with E-state index in [0.29, 0.717) is 21.7 Å². The molecule has 0 unspecified atom stereocenters. The minimum atomic E-state index is -0.175. The number of carbonyl (C=O) groups is 1. The standard InChI is InChI=1S/C15H18Cl2N2O/c16-13-4-3-12(7-14(13)17)19-15(20)18-8-11-6-9-1-2-10(11)5-9/h3-4,7,9-11H,1-2,5-6,8H2,(H2,18,19,20)/t9-,10-,11-/m0/s1. The molecule has 2 amide bonds. The van der Waals surface area contributed by atoms with Gasteiger partial charge >= 0.3 is 6.03 Å². The molecule has 0 saturated heterocycles. The summed E-state index contributed by atoms with van der Waals surface area (Å²) in [5, 5.41) is 6.68. The van der Waals surface area contributed by atoms with E-state index in [9.17, 15) is 4.79 Å². The SMILES string of the molecule is O=C(NC[C@@H]1C[C@H]2CC[C@H]1C2)Nc1ccc(Cl)c(Cl)c1. The summed E-state index contributed by atoms with van der Waals surface area (Å²) in [4.78, 5) is 11.9. The highest BCUT2D eigenvalue weighted by molar-refractivity contribution is 6.42. The summed E-state index contributed by atoms with van der Waals surface area (Å²) in [6.07, 6.45) is 5.36. The lowest BCUT2D eigenvalue weighted by atomic mass is 9.89. The van der Waals surface area contributed by atoms with Gasteiger partial charge in [0.05, 0.1) is 10.0 Å². The Bertz CT molecular complexity index is 521. The van der Waals surface area contributed by atoms with Crippen LogP contribution in [-0.2, 0) is 0 Å². The molecule has 2 bridgehead atoms. The first-order chi connectivity index (χ1) is 9.61. The highest BCUT2D eigenvalue weighted by atomic mass is 35.5. The van der Waals surface area contributed by atoms with Gasteiger partial charge in [0.2, 0.25) is 0 Å². The molecule has 2 aliphatic carbocycles. The molecule has 2 fully saturated rings. The number of hydrogen-bond acceptors (Lipinski definition) is 1. The quantitative estimate of drug-likeness (QED) is 0.844. The number of amides is 2. The smallest absolute Gasteiger partial charge is 0.319 e. The van der Waals surface area contributed by atoms with Crippen molar-refractivity contribution in [2.75, 3.05) is 11.9 Å². The monoisotopic (exact) mass is 312 g/mol. The summed E-state index contributed by atoms with van der Waals surface area (Å²) in [5.74, 6) is 2.39. The summed E-state index contributed by atoms with van der Waals surface area (Å²) in [7, 11) is 0. The van der Waals surface area contributed by atoms with Gasteiger partial charge in [-0.25, -0.2) is 4.79 Å². The Balaban J connectivity index is 1.48. The summed E-state index contributed by atoms with van der Waals surface area (Å²) in [6.45, 7) is 0.772. The number of hydrogen-bond donors (Lipinski definition) is 2. The van der Waals surface area contributed by atoms with Gasteiger partial charge in [0.1, 0.15) is 0 Å². The Hall–Kier alpha value is -0.930. The predicted molar refractivity (Wildman–Crippen MR) is 82.4 cm³/mol. The van der Waals surface area contributed by atoms with Crippen molar-refractivity contribution in [1.82, 2.24) is 5.32 Å². The minimum absolute atomic E-state index is 0.175. The Kier molecular flexibility index (Phi) is 4.08. The van der Waals surface area contributed by atoms with Crippen LogP contribution in [0, 0.1) is 17.8 Å². The van der Waals surface area contributed by atoms with Gasteiger partial charge in [-0.05, 0) is 55.2 Å². The van der Waals surface area contributed by atoms with Gasteiger partial charge in [-0.3, -0.25) is 0 Å². The molecule has 2 N–H and O–H groups in total. The molecule has 0 radical (unpaired) electrons. The number of rotatable bonds is 3.